The number of nitrogens with one attached hydrogen (secondary N) is 1. The van der Waals surface area contributed by atoms with Gasteiger partial charge in [0.2, 0.25) is 21.8 Å². The first-order valence-corrected chi connectivity index (χ1v) is 15.0. The van der Waals surface area contributed by atoms with Crippen LogP contribution in [0.1, 0.15) is 42.1 Å². The van der Waals surface area contributed by atoms with E-state index < -0.39 is 21.5 Å². The molecule has 3 amide bonds. The van der Waals surface area contributed by atoms with Gasteiger partial charge in [0.05, 0.1) is 11.8 Å². The number of benzene rings is 2. The first-order chi connectivity index (χ1) is 17.5. The van der Waals surface area contributed by atoms with Gasteiger partial charge in [0, 0.05) is 46.5 Å². The second-order valence-corrected chi connectivity index (χ2v) is 12.5. The van der Waals surface area contributed by atoms with Gasteiger partial charge in [0.15, 0.2) is 0 Å². The van der Waals surface area contributed by atoms with Crippen LogP contribution in [0, 0.1) is 0 Å². The summed E-state index contributed by atoms with van der Waals surface area (Å²) in [6, 6.07) is 14.8. The highest BCUT2D eigenvalue weighted by molar-refractivity contribution is 7.89. The number of rotatable bonds is 9. The van der Waals surface area contributed by atoms with Crippen molar-refractivity contribution in [2.75, 3.05) is 19.3 Å². The number of carbonyl (C=O) groups excluding carboxylic acids is 3. The molecule has 0 saturated carbocycles. The average Bonchev–Trinajstić information content (AvgIpc) is 3.25. The zero-order chi connectivity index (χ0) is 26.8. The van der Waals surface area contributed by atoms with Crippen molar-refractivity contribution >= 4 is 60.8 Å². The van der Waals surface area contributed by atoms with Crippen LogP contribution in [0.2, 0.25) is 5.02 Å². The van der Waals surface area contributed by atoms with E-state index in [1.165, 1.54) is 11.3 Å². The average molecular weight is 562 g/mol. The van der Waals surface area contributed by atoms with Crippen molar-refractivity contribution in [3.63, 3.8) is 0 Å². The summed E-state index contributed by atoms with van der Waals surface area (Å²) in [6.07, 6.45) is 1.62. The third kappa shape index (κ3) is 6.14. The number of amides is 3. The molecule has 1 aromatic heterocycles. The first kappa shape index (κ1) is 27.1. The number of thiophene rings is 1. The van der Waals surface area contributed by atoms with E-state index in [-0.39, 0.29) is 37.7 Å². The fourth-order valence-corrected chi connectivity index (χ4v) is 6.20. The molecule has 8 nitrogen and oxygen atoms in total. The fraction of sp³-hybridized carbons (Fsp3) is 0.346. The van der Waals surface area contributed by atoms with E-state index in [9.17, 15) is 22.8 Å². The number of nitrogens with zero attached hydrogens (tertiary/aromatic N) is 2. The number of halogens is 1. The molecule has 196 valence electrons. The molecule has 0 spiro atoms. The number of hydrogen-bond donors (Lipinski definition) is 1. The minimum atomic E-state index is -3.65. The number of hydrogen-bond acceptors (Lipinski definition) is 6. The Balaban J connectivity index is 1.53. The Labute approximate surface area is 225 Å². The number of sulfonamides is 1. The lowest BCUT2D eigenvalue weighted by Crippen LogP contribution is -2.67. The van der Waals surface area contributed by atoms with Crippen LogP contribution in [0.5, 0.6) is 0 Å². The minimum Gasteiger partial charge on any atom is -0.336 e. The lowest BCUT2D eigenvalue weighted by atomic mass is 9.84. The SMILES string of the molecule is C[C@]1(C(=O)N(CCCC(=O)NS(C)(=O)=O)Cc2cccc(Cl)c2)CCN1C(=O)c1csc2ccccc12. The quantitative estimate of drug-likeness (QED) is 0.424. The Bertz CT molecular complexity index is 1460. The fourth-order valence-electron chi connectivity index (χ4n) is 4.53. The van der Waals surface area contributed by atoms with Crippen molar-refractivity contribution < 1.29 is 22.8 Å². The molecule has 2 heterocycles. The van der Waals surface area contributed by atoms with E-state index in [1.807, 2.05) is 40.4 Å². The second-order valence-electron chi connectivity index (χ2n) is 9.38. The molecule has 0 bridgehead atoms. The van der Waals surface area contributed by atoms with Gasteiger partial charge in [-0.05, 0) is 43.5 Å². The largest absolute Gasteiger partial charge is 0.336 e. The molecule has 0 unspecified atom stereocenters. The van der Waals surface area contributed by atoms with Gasteiger partial charge in [0.1, 0.15) is 5.54 Å². The molecule has 2 aromatic carbocycles. The number of fused-ring (bicyclic) bond motifs is 1. The molecule has 1 saturated heterocycles. The highest BCUT2D eigenvalue weighted by Crippen LogP contribution is 2.37. The lowest BCUT2D eigenvalue weighted by molar-refractivity contribution is -0.149. The predicted octanol–water partition coefficient (Wildman–Crippen LogP) is 4.04. The van der Waals surface area contributed by atoms with Crippen molar-refractivity contribution in [2.45, 2.75) is 38.3 Å². The summed E-state index contributed by atoms with van der Waals surface area (Å²) in [5, 5.41) is 3.24. The molecule has 37 heavy (non-hydrogen) atoms. The molecule has 1 aliphatic rings. The van der Waals surface area contributed by atoms with E-state index in [0.717, 1.165) is 21.9 Å². The van der Waals surface area contributed by atoms with E-state index in [0.29, 0.717) is 23.6 Å². The third-order valence-electron chi connectivity index (χ3n) is 6.52. The van der Waals surface area contributed by atoms with E-state index in [1.54, 1.807) is 34.9 Å². The molecule has 0 aliphatic carbocycles. The van der Waals surface area contributed by atoms with Gasteiger partial charge in [0.25, 0.3) is 5.91 Å². The van der Waals surface area contributed by atoms with Crippen LogP contribution in [0.15, 0.2) is 53.9 Å². The zero-order valence-electron chi connectivity index (χ0n) is 20.6. The molecule has 1 aliphatic heterocycles. The summed E-state index contributed by atoms with van der Waals surface area (Å²) in [5.41, 5.74) is 0.359. The molecule has 1 N–H and O–H groups in total. The van der Waals surface area contributed by atoms with Gasteiger partial charge in [-0.3, -0.25) is 19.1 Å². The highest BCUT2D eigenvalue weighted by Gasteiger charge is 2.51. The maximum absolute atomic E-state index is 13.9. The van der Waals surface area contributed by atoms with Gasteiger partial charge in [-0.2, -0.15) is 0 Å². The van der Waals surface area contributed by atoms with E-state index in [2.05, 4.69) is 0 Å². The zero-order valence-corrected chi connectivity index (χ0v) is 23.0. The van der Waals surface area contributed by atoms with Crippen LogP contribution < -0.4 is 4.72 Å². The summed E-state index contributed by atoms with van der Waals surface area (Å²) in [5.74, 6) is -1.04. The smallest absolute Gasteiger partial charge is 0.256 e. The Morgan fingerprint density at radius 3 is 2.59 bits per heavy atom. The maximum atomic E-state index is 13.9. The molecule has 1 fully saturated rings. The molecular formula is C26H28ClN3O5S2. The summed E-state index contributed by atoms with van der Waals surface area (Å²) in [6.45, 7) is 2.69. The molecule has 0 radical (unpaired) electrons. The Morgan fingerprint density at radius 1 is 1.16 bits per heavy atom. The Morgan fingerprint density at radius 2 is 1.92 bits per heavy atom. The third-order valence-corrected chi connectivity index (χ3v) is 8.31. The standard InChI is InChI=1S/C26H28ClN3O5S2/c1-26(12-14-30(26)24(32)21-17-36-22-10-4-3-9-20(21)22)25(33)29(16-18-7-5-8-19(27)15-18)13-6-11-23(31)28-37(2,34)35/h3-5,7-10,15,17H,6,11-14,16H2,1-2H3,(H,28,31)/t26-/m1/s1. The van der Waals surface area contributed by atoms with Crippen molar-refractivity contribution in [2.24, 2.45) is 0 Å². The second kappa shape index (κ2) is 10.8. The molecule has 3 aromatic rings. The first-order valence-electron chi connectivity index (χ1n) is 11.8. The van der Waals surface area contributed by atoms with Gasteiger partial charge < -0.3 is 9.80 Å². The lowest BCUT2D eigenvalue weighted by Gasteiger charge is -2.51. The molecule has 11 heteroatoms. The Kier molecular flexibility index (Phi) is 7.91. The van der Waals surface area contributed by atoms with Crippen molar-refractivity contribution in [1.29, 1.82) is 0 Å². The van der Waals surface area contributed by atoms with Crippen LogP contribution in [0.25, 0.3) is 10.1 Å². The van der Waals surface area contributed by atoms with Crippen molar-refractivity contribution in [3.05, 3.63) is 70.1 Å². The number of likely N-dealkylation sites (tertiary alicyclic amines) is 1. The summed E-state index contributed by atoms with van der Waals surface area (Å²) in [7, 11) is -3.65. The van der Waals surface area contributed by atoms with E-state index >= 15 is 0 Å². The van der Waals surface area contributed by atoms with Crippen molar-refractivity contribution in [3.8, 4) is 0 Å². The van der Waals surface area contributed by atoms with Gasteiger partial charge >= 0.3 is 0 Å². The topological polar surface area (TPSA) is 104 Å². The molecule has 4 rings (SSSR count). The van der Waals surface area contributed by atoms with Gasteiger partial charge in [-0.15, -0.1) is 11.3 Å². The summed E-state index contributed by atoms with van der Waals surface area (Å²) < 4.78 is 25.6. The van der Waals surface area contributed by atoms with Crippen molar-refractivity contribution in [1.82, 2.24) is 14.5 Å². The number of carbonyl (C=O) groups is 3. The van der Waals surface area contributed by atoms with Crippen LogP contribution in [0.4, 0.5) is 0 Å². The summed E-state index contributed by atoms with van der Waals surface area (Å²) in [4.78, 5) is 42.6. The molecular weight excluding hydrogens is 534 g/mol. The van der Waals surface area contributed by atoms with E-state index in [4.69, 9.17) is 11.6 Å². The highest BCUT2D eigenvalue weighted by atomic mass is 35.5. The van der Waals surface area contributed by atoms with Gasteiger partial charge in [-0.1, -0.05) is 41.9 Å². The monoisotopic (exact) mass is 561 g/mol. The Hall–Kier alpha value is -2.95. The van der Waals surface area contributed by atoms with Crippen LogP contribution in [0.3, 0.4) is 0 Å². The van der Waals surface area contributed by atoms with Gasteiger partial charge in [-0.25, -0.2) is 8.42 Å². The molecule has 1 atom stereocenters. The maximum Gasteiger partial charge on any atom is 0.256 e. The van der Waals surface area contributed by atoms with Crippen LogP contribution >= 0.6 is 22.9 Å². The van der Waals surface area contributed by atoms with Crippen LogP contribution in [-0.2, 0) is 26.2 Å². The predicted molar refractivity (Wildman–Crippen MR) is 145 cm³/mol. The minimum absolute atomic E-state index is 0.0628. The normalized spacial score (nSPS) is 17.3. The van der Waals surface area contributed by atoms with Crippen LogP contribution in [-0.4, -0.2) is 60.8 Å². The summed E-state index contributed by atoms with van der Waals surface area (Å²) >= 11 is 7.64.